The van der Waals surface area contributed by atoms with Gasteiger partial charge in [0.1, 0.15) is 0 Å². The van der Waals surface area contributed by atoms with Gasteiger partial charge in [0.2, 0.25) is 0 Å². The quantitative estimate of drug-likeness (QED) is 0.101. The Bertz CT molecular complexity index is 1110. The molecule has 0 amide bonds. The molecule has 0 atom stereocenters. The Morgan fingerprint density at radius 2 is 1.05 bits per heavy atom. The Labute approximate surface area is 252 Å². The van der Waals surface area contributed by atoms with Crippen molar-refractivity contribution >= 4 is 22.8 Å². The number of para-hydroxylation sites is 2. The maximum absolute atomic E-state index is 10.9. The van der Waals surface area contributed by atoms with E-state index in [2.05, 4.69) is 69.3 Å². The van der Waals surface area contributed by atoms with Gasteiger partial charge in [-0.2, -0.15) is 0 Å². The SMILES string of the molecule is CCCCCCCC(=Nc1ccccc1)C(CCCC)=Nc1ccccc1.CCCCc1ccc([O-])c([O-])c1.[Ni+2]. The Morgan fingerprint density at radius 1 is 0.550 bits per heavy atom. The molecule has 0 fully saturated rings. The molecule has 0 aromatic heterocycles. The zero-order valence-corrected chi connectivity index (χ0v) is 25.5. The largest absolute Gasteiger partial charge is 2.00 e. The van der Waals surface area contributed by atoms with Crippen molar-refractivity contribution in [3.05, 3.63) is 84.4 Å². The molecule has 0 bridgehead atoms. The second-order valence-corrected chi connectivity index (χ2v) is 9.94. The van der Waals surface area contributed by atoms with Crippen molar-refractivity contribution in [3.63, 3.8) is 0 Å². The van der Waals surface area contributed by atoms with Crippen LogP contribution in [0.15, 0.2) is 88.8 Å². The van der Waals surface area contributed by atoms with Gasteiger partial charge in [0.25, 0.3) is 0 Å². The topological polar surface area (TPSA) is 70.8 Å². The van der Waals surface area contributed by atoms with Crippen LogP contribution in [0.1, 0.15) is 97.0 Å². The monoisotopic (exact) mass is 584 g/mol. The van der Waals surface area contributed by atoms with Gasteiger partial charge in [-0.15, -0.1) is 11.5 Å². The average molecular weight is 585 g/mol. The Balaban J connectivity index is 0.000000516. The molecule has 3 aromatic rings. The van der Waals surface area contributed by atoms with Crippen molar-refractivity contribution < 1.29 is 26.7 Å². The molecule has 0 radical (unpaired) electrons. The minimum Gasteiger partial charge on any atom is -0.873 e. The van der Waals surface area contributed by atoms with Crippen LogP contribution in [-0.4, -0.2) is 11.4 Å². The maximum atomic E-state index is 10.9. The van der Waals surface area contributed by atoms with Crippen LogP contribution in [0.4, 0.5) is 11.4 Å². The Morgan fingerprint density at radius 3 is 1.55 bits per heavy atom. The first kappa shape index (κ1) is 35.1. The number of hydrogen-bond acceptors (Lipinski definition) is 4. The van der Waals surface area contributed by atoms with Crippen LogP contribution >= 0.6 is 0 Å². The summed E-state index contributed by atoms with van der Waals surface area (Å²) in [5.74, 6) is -0.793. The first-order chi connectivity index (χ1) is 19.1. The number of aliphatic imine (C=N–C) groups is 2. The molecular formula is C35H46N2NiO2. The smallest absolute Gasteiger partial charge is 0.873 e. The molecule has 0 spiro atoms. The third kappa shape index (κ3) is 14.5. The van der Waals surface area contributed by atoms with Gasteiger partial charge in [0.05, 0.1) is 22.8 Å². The number of rotatable bonds is 15. The van der Waals surface area contributed by atoms with E-state index in [0.717, 1.165) is 66.9 Å². The molecule has 0 aliphatic carbocycles. The van der Waals surface area contributed by atoms with Crippen molar-refractivity contribution in [1.82, 2.24) is 0 Å². The summed E-state index contributed by atoms with van der Waals surface area (Å²) in [6, 6.07) is 25.1. The third-order valence-electron chi connectivity index (χ3n) is 6.49. The van der Waals surface area contributed by atoms with Gasteiger partial charge in [-0.3, -0.25) is 9.98 Å². The van der Waals surface area contributed by atoms with Crippen LogP contribution in [0.3, 0.4) is 0 Å². The fourth-order valence-electron chi connectivity index (χ4n) is 4.18. The molecule has 0 heterocycles. The summed E-state index contributed by atoms with van der Waals surface area (Å²) in [7, 11) is 0. The van der Waals surface area contributed by atoms with Gasteiger partial charge in [-0.1, -0.05) is 114 Å². The normalized spacial score (nSPS) is 11.4. The van der Waals surface area contributed by atoms with Crippen LogP contribution in [0.2, 0.25) is 0 Å². The summed E-state index contributed by atoms with van der Waals surface area (Å²) >= 11 is 0. The van der Waals surface area contributed by atoms with E-state index < -0.39 is 5.75 Å². The number of unbranched alkanes of at least 4 members (excludes halogenated alkanes) is 6. The zero-order chi connectivity index (χ0) is 28.1. The molecule has 0 unspecified atom stereocenters. The molecule has 4 nitrogen and oxygen atoms in total. The fourth-order valence-corrected chi connectivity index (χ4v) is 4.18. The molecule has 0 saturated carbocycles. The summed E-state index contributed by atoms with van der Waals surface area (Å²) in [5.41, 5.74) is 5.34. The van der Waals surface area contributed by atoms with Gasteiger partial charge < -0.3 is 10.2 Å². The van der Waals surface area contributed by atoms with Crippen LogP contribution < -0.4 is 10.2 Å². The standard InChI is InChI=1S/C25H34N2.C10H14O2.Ni/c1-3-5-7-8-15-21-25(27-23-18-13-10-14-19-23)24(20-6-4-2)26-22-16-11-9-12-17-22;1-2-3-4-8-5-6-9(11)10(12)7-8;/h9-14,16-19H,3-8,15,20-21H2,1-2H3;5-7,11-12H,2-4H2,1H3;/q;;+2/p-2. The van der Waals surface area contributed by atoms with Crippen molar-refractivity contribution in [1.29, 1.82) is 0 Å². The van der Waals surface area contributed by atoms with E-state index in [1.54, 1.807) is 6.07 Å². The van der Waals surface area contributed by atoms with Crippen molar-refractivity contribution in [2.24, 2.45) is 9.98 Å². The Hall–Kier alpha value is -2.91. The molecule has 5 heteroatoms. The van der Waals surface area contributed by atoms with Gasteiger partial charge >= 0.3 is 16.5 Å². The number of benzene rings is 3. The molecule has 0 N–H and O–H groups in total. The van der Waals surface area contributed by atoms with Crippen LogP contribution in [-0.2, 0) is 22.9 Å². The molecule has 218 valence electrons. The van der Waals surface area contributed by atoms with E-state index in [1.165, 1.54) is 50.7 Å². The third-order valence-corrected chi connectivity index (χ3v) is 6.49. The second-order valence-electron chi connectivity index (χ2n) is 9.94. The van der Waals surface area contributed by atoms with E-state index in [-0.39, 0.29) is 22.2 Å². The molecule has 40 heavy (non-hydrogen) atoms. The van der Waals surface area contributed by atoms with E-state index in [4.69, 9.17) is 9.98 Å². The van der Waals surface area contributed by atoms with E-state index in [0.29, 0.717) is 0 Å². The molecule has 0 aliphatic heterocycles. The molecule has 0 saturated heterocycles. The molecule has 3 aromatic carbocycles. The van der Waals surface area contributed by atoms with E-state index in [1.807, 2.05) is 12.1 Å². The van der Waals surface area contributed by atoms with E-state index in [9.17, 15) is 10.2 Å². The minimum atomic E-state index is -0.407. The summed E-state index contributed by atoms with van der Waals surface area (Å²) in [5, 5.41) is 21.6. The summed E-state index contributed by atoms with van der Waals surface area (Å²) in [6.07, 6.45) is 13.8. The van der Waals surface area contributed by atoms with Crippen LogP contribution in [0, 0.1) is 0 Å². The molecule has 0 aliphatic rings. The van der Waals surface area contributed by atoms with Crippen molar-refractivity contribution in [2.45, 2.75) is 97.8 Å². The van der Waals surface area contributed by atoms with Gasteiger partial charge in [0, 0.05) is 0 Å². The first-order valence-corrected chi connectivity index (χ1v) is 14.8. The summed E-state index contributed by atoms with van der Waals surface area (Å²) in [6.45, 7) is 6.59. The van der Waals surface area contributed by atoms with Crippen molar-refractivity contribution in [3.8, 4) is 11.5 Å². The van der Waals surface area contributed by atoms with Gasteiger partial charge in [0.15, 0.2) is 0 Å². The van der Waals surface area contributed by atoms with Crippen LogP contribution in [0.5, 0.6) is 11.5 Å². The first-order valence-electron chi connectivity index (χ1n) is 14.8. The summed E-state index contributed by atoms with van der Waals surface area (Å²) < 4.78 is 0. The van der Waals surface area contributed by atoms with Crippen molar-refractivity contribution in [2.75, 3.05) is 0 Å². The summed E-state index contributed by atoms with van der Waals surface area (Å²) in [4.78, 5) is 10.0. The zero-order valence-electron chi connectivity index (χ0n) is 24.5. The van der Waals surface area contributed by atoms with Gasteiger partial charge in [-0.25, -0.2) is 0 Å². The van der Waals surface area contributed by atoms with Crippen LogP contribution in [0.25, 0.3) is 0 Å². The minimum absolute atomic E-state index is 0. The number of hydrogen-bond donors (Lipinski definition) is 0. The maximum Gasteiger partial charge on any atom is 2.00 e. The molecular weight excluding hydrogens is 539 g/mol. The average Bonchev–Trinajstić information content (AvgIpc) is 2.96. The van der Waals surface area contributed by atoms with E-state index >= 15 is 0 Å². The fraction of sp³-hybridized carbons (Fsp3) is 0.429. The number of aryl methyl sites for hydroxylation is 1. The predicted octanol–water partition coefficient (Wildman–Crippen LogP) is 9.26. The second kappa shape index (κ2) is 21.9. The number of nitrogens with zero attached hydrogens (tertiary/aromatic N) is 2. The Kier molecular flexibility index (Phi) is 19.2. The predicted molar refractivity (Wildman–Crippen MR) is 164 cm³/mol. The van der Waals surface area contributed by atoms with Gasteiger partial charge in [-0.05, 0) is 68.4 Å². The molecule has 3 rings (SSSR count).